The highest BCUT2D eigenvalue weighted by atomic mass is 35.5. The maximum Gasteiger partial charge on any atom is 0.231 e. The van der Waals surface area contributed by atoms with Crippen molar-refractivity contribution in [3.8, 4) is 0 Å². The fraction of sp³-hybridized carbons (Fsp3) is 0.467. The van der Waals surface area contributed by atoms with E-state index in [1.165, 1.54) is 6.92 Å². The summed E-state index contributed by atoms with van der Waals surface area (Å²) >= 11 is 0. The smallest absolute Gasteiger partial charge is 0.231 e. The van der Waals surface area contributed by atoms with Gasteiger partial charge in [-0.25, -0.2) is 0 Å². The standard InChI is InChI=1S/C15H20N2O2.ClH/c1-11(18)12-5-3-6-13(9-12)17-14(19)15(2)7-4-8-16-10-15;/h3,5-6,9,16H,4,7-8,10H2,1-2H3,(H,17,19);1H. The molecule has 1 amide bonds. The Bertz CT molecular complexity index is 496. The average molecular weight is 297 g/mol. The van der Waals surface area contributed by atoms with Crippen LogP contribution in [0, 0.1) is 5.41 Å². The number of nitrogens with one attached hydrogen (secondary N) is 2. The lowest BCUT2D eigenvalue weighted by Crippen LogP contribution is -2.46. The van der Waals surface area contributed by atoms with Gasteiger partial charge in [-0.1, -0.05) is 12.1 Å². The summed E-state index contributed by atoms with van der Waals surface area (Å²) < 4.78 is 0. The highest BCUT2D eigenvalue weighted by molar-refractivity contribution is 5.98. The van der Waals surface area contributed by atoms with Crippen molar-refractivity contribution in [1.82, 2.24) is 5.32 Å². The molecule has 0 saturated carbocycles. The number of piperidine rings is 1. The van der Waals surface area contributed by atoms with Gasteiger partial charge in [0.15, 0.2) is 5.78 Å². The van der Waals surface area contributed by atoms with Crippen molar-refractivity contribution < 1.29 is 9.59 Å². The minimum atomic E-state index is -0.371. The van der Waals surface area contributed by atoms with Gasteiger partial charge >= 0.3 is 0 Å². The van der Waals surface area contributed by atoms with Crippen molar-refractivity contribution >= 4 is 29.8 Å². The van der Waals surface area contributed by atoms with Gasteiger partial charge in [0.05, 0.1) is 5.41 Å². The molecule has 2 N–H and O–H groups in total. The molecule has 0 aromatic heterocycles. The van der Waals surface area contributed by atoms with Crippen LogP contribution in [0.5, 0.6) is 0 Å². The molecule has 1 aliphatic rings. The first-order valence-corrected chi connectivity index (χ1v) is 6.64. The van der Waals surface area contributed by atoms with Crippen LogP contribution in [0.1, 0.15) is 37.0 Å². The monoisotopic (exact) mass is 296 g/mol. The third-order valence-corrected chi connectivity index (χ3v) is 3.67. The third-order valence-electron chi connectivity index (χ3n) is 3.67. The molecule has 4 nitrogen and oxygen atoms in total. The fourth-order valence-corrected chi connectivity index (χ4v) is 2.35. The zero-order valence-corrected chi connectivity index (χ0v) is 12.7. The molecule has 1 aliphatic heterocycles. The molecule has 2 rings (SSSR count). The van der Waals surface area contributed by atoms with E-state index < -0.39 is 0 Å². The molecule has 1 aromatic carbocycles. The molecule has 1 fully saturated rings. The molecular weight excluding hydrogens is 276 g/mol. The number of amides is 1. The van der Waals surface area contributed by atoms with Gasteiger partial charge < -0.3 is 10.6 Å². The van der Waals surface area contributed by atoms with Gasteiger partial charge in [0, 0.05) is 17.8 Å². The molecule has 1 unspecified atom stereocenters. The third kappa shape index (κ3) is 3.81. The summed E-state index contributed by atoms with van der Waals surface area (Å²) in [4.78, 5) is 23.7. The van der Waals surface area contributed by atoms with Crippen LogP contribution in [0.2, 0.25) is 0 Å². The van der Waals surface area contributed by atoms with E-state index in [9.17, 15) is 9.59 Å². The molecule has 5 heteroatoms. The van der Waals surface area contributed by atoms with Crippen LogP contribution < -0.4 is 10.6 Å². The number of ketones is 1. The van der Waals surface area contributed by atoms with E-state index >= 15 is 0 Å². The highest BCUT2D eigenvalue weighted by Gasteiger charge is 2.34. The quantitative estimate of drug-likeness (QED) is 0.843. The first-order chi connectivity index (χ1) is 9.01. The zero-order valence-electron chi connectivity index (χ0n) is 11.9. The van der Waals surface area contributed by atoms with Crippen molar-refractivity contribution in [3.05, 3.63) is 29.8 Å². The Morgan fingerprint density at radius 3 is 2.70 bits per heavy atom. The molecule has 1 saturated heterocycles. The van der Waals surface area contributed by atoms with Crippen molar-refractivity contribution in [2.24, 2.45) is 5.41 Å². The number of carbonyl (C=O) groups is 2. The Morgan fingerprint density at radius 2 is 2.10 bits per heavy atom. The summed E-state index contributed by atoms with van der Waals surface area (Å²) in [5.41, 5.74) is 0.930. The van der Waals surface area contributed by atoms with Crippen LogP contribution in [-0.2, 0) is 4.79 Å². The van der Waals surface area contributed by atoms with Crippen LogP contribution in [0.15, 0.2) is 24.3 Å². The molecule has 1 aromatic rings. The van der Waals surface area contributed by atoms with Gasteiger partial charge in [0.2, 0.25) is 5.91 Å². The number of Topliss-reactive ketones (excluding diaryl/α,β-unsaturated/α-hetero) is 1. The van der Waals surface area contributed by atoms with Gasteiger partial charge in [-0.3, -0.25) is 9.59 Å². The van der Waals surface area contributed by atoms with Crippen molar-refractivity contribution in [3.63, 3.8) is 0 Å². The number of hydrogen-bond acceptors (Lipinski definition) is 3. The first kappa shape index (κ1) is 16.7. The lowest BCUT2D eigenvalue weighted by atomic mass is 9.82. The molecule has 110 valence electrons. The van der Waals surface area contributed by atoms with Crippen molar-refractivity contribution in [2.75, 3.05) is 18.4 Å². The van der Waals surface area contributed by atoms with E-state index in [0.29, 0.717) is 17.8 Å². The molecular formula is C15H21ClN2O2. The molecule has 1 heterocycles. The summed E-state index contributed by atoms with van der Waals surface area (Å²) in [6.07, 6.45) is 1.90. The van der Waals surface area contributed by atoms with Crippen LogP contribution in [0.3, 0.4) is 0 Å². The van der Waals surface area contributed by atoms with E-state index in [1.54, 1.807) is 18.2 Å². The highest BCUT2D eigenvalue weighted by Crippen LogP contribution is 2.27. The van der Waals surface area contributed by atoms with E-state index in [2.05, 4.69) is 10.6 Å². The van der Waals surface area contributed by atoms with Gasteiger partial charge in [-0.2, -0.15) is 0 Å². The molecule has 20 heavy (non-hydrogen) atoms. The van der Waals surface area contributed by atoms with Gasteiger partial charge in [-0.15, -0.1) is 12.4 Å². The molecule has 0 spiro atoms. The van der Waals surface area contributed by atoms with E-state index in [1.807, 2.05) is 13.0 Å². The topological polar surface area (TPSA) is 58.2 Å². The Morgan fingerprint density at radius 1 is 1.35 bits per heavy atom. The number of benzene rings is 1. The second-order valence-electron chi connectivity index (χ2n) is 5.43. The summed E-state index contributed by atoms with van der Waals surface area (Å²) in [5, 5.41) is 6.17. The SMILES string of the molecule is CC(=O)c1cccc(NC(=O)C2(C)CCCNC2)c1.Cl. The lowest BCUT2D eigenvalue weighted by Gasteiger charge is -2.32. The predicted molar refractivity (Wildman–Crippen MR) is 82.5 cm³/mol. The summed E-state index contributed by atoms with van der Waals surface area (Å²) in [6.45, 7) is 5.17. The average Bonchev–Trinajstić information content (AvgIpc) is 2.40. The van der Waals surface area contributed by atoms with Gasteiger partial charge in [0.25, 0.3) is 0 Å². The van der Waals surface area contributed by atoms with Crippen LogP contribution in [0.25, 0.3) is 0 Å². The minimum absolute atomic E-state index is 0. The first-order valence-electron chi connectivity index (χ1n) is 6.64. The summed E-state index contributed by atoms with van der Waals surface area (Å²) in [7, 11) is 0. The Hall–Kier alpha value is -1.39. The second-order valence-corrected chi connectivity index (χ2v) is 5.43. The van der Waals surface area contributed by atoms with Crippen molar-refractivity contribution in [1.29, 1.82) is 0 Å². The van der Waals surface area contributed by atoms with Gasteiger partial charge in [0.1, 0.15) is 0 Å². The lowest BCUT2D eigenvalue weighted by molar-refractivity contribution is -0.125. The number of rotatable bonds is 3. The molecule has 0 bridgehead atoms. The molecule has 0 radical (unpaired) electrons. The fourth-order valence-electron chi connectivity index (χ4n) is 2.35. The minimum Gasteiger partial charge on any atom is -0.326 e. The van der Waals surface area contributed by atoms with E-state index in [-0.39, 0.29) is 29.5 Å². The molecule has 1 atom stereocenters. The predicted octanol–water partition coefficient (Wildman–Crippen LogP) is 2.64. The Balaban J connectivity index is 0.00000200. The maximum absolute atomic E-state index is 12.3. The Kier molecular flexibility index (Phi) is 5.72. The van der Waals surface area contributed by atoms with Crippen LogP contribution in [-0.4, -0.2) is 24.8 Å². The number of halogens is 1. The van der Waals surface area contributed by atoms with Gasteiger partial charge in [-0.05, 0) is 45.4 Å². The largest absolute Gasteiger partial charge is 0.326 e. The number of anilines is 1. The zero-order chi connectivity index (χ0) is 13.9. The molecule has 0 aliphatic carbocycles. The van der Waals surface area contributed by atoms with Crippen LogP contribution in [0.4, 0.5) is 5.69 Å². The summed E-state index contributed by atoms with van der Waals surface area (Å²) in [5.74, 6) is 0.0158. The van der Waals surface area contributed by atoms with Crippen molar-refractivity contribution in [2.45, 2.75) is 26.7 Å². The Labute approximate surface area is 125 Å². The van der Waals surface area contributed by atoms with E-state index in [0.717, 1.165) is 19.4 Å². The van der Waals surface area contributed by atoms with E-state index in [4.69, 9.17) is 0 Å². The second kappa shape index (κ2) is 6.86. The normalized spacial score (nSPS) is 21.7. The maximum atomic E-state index is 12.3. The summed E-state index contributed by atoms with van der Waals surface area (Å²) in [6, 6.07) is 7.07. The van der Waals surface area contributed by atoms with Crippen LogP contribution >= 0.6 is 12.4 Å². The number of hydrogen-bond donors (Lipinski definition) is 2. The number of carbonyl (C=O) groups excluding carboxylic acids is 2.